The fourth-order valence-corrected chi connectivity index (χ4v) is 2.88. The Kier molecular flexibility index (Phi) is 6.15. The number of carbonyl (C=O) groups is 1. The van der Waals surface area contributed by atoms with Crippen LogP contribution < -0.4 is 5.32 Å². The van der Waals surface area contributed by atoms with Gasteiger partial charge >= 0.3 is 0 Å². The molecule has 0 saturated carbocycles. The third-order valence-corrected chi connectivity index (χ3v) is 4.45. The van der Waals surface area contributed by atoms with Crippen molar-refractivity contribution in [2.45, 2.75) is 33.7 Å². The number of amides is 1. The third kappa shape index (κ3) is 4.23. The highest BCUT2D eigenvalue weighted by Gasteiger charge is 2.16. The van der Waals surface area contributed by atoms with Crippen LogP contribution in [0.3, 0.4) is 0 Å². The quantitative estimate of drug-likeness (QED) is 0.850. The van der Waals surface area contributed by atoms with Crippen molar-refractivity contribution in [2.24, 2.45) is 7.05 Å². The number of aryl methyl sites for hydroxylation is 2. The number of nitrogens with zero attached hydrogens (tertiary/aromatic N) is 3. The third-order valence-electron chi connectivity index (χ3n) is 4.45. The van der Waals surface area contributed by atoms with Gasteiger partial charge in [-0.1, -0.05) is 43.7 Å². The molecule has 0 aliphatic rings. The van der Waals surface area contributed by atoms with E-state index in [-0.39, 0.29) is 5.91 Å². The molecule has 0 radical (unpaired) electrons. The lowest BCUT2D eigenvalue weighted by molar-refractivity contribution is 0.0932. The fraction of sp³-hybridized carbons (Fsp3) is 0.474. The minimum atomic E-state index is -0.122. The van der Waals surface area contributed by atoms with Crippen molar-refractivity contribution in [1.82, 2.24) is 20.0 Å². The van der Waals surface area contributed by atoms with Crippen LogP contribution in [0.1, 0.15) is 36.8 Å². The first-order chi connectivity index (χ1) is 11.5. The molecular formula is C19H28N4O. The van der Waals surface area contributed by atoms with E-state index in [9.17, 15) is 4.79 Å². The SMILES string of the molecule is CCN(CC)C(C)CNC(=O)c1cc(-c2ccc(C)cc2)n(C)n1. The smallest absolute Gasteiger partial charge is 0.271 e. The summed E-state index contributed by atoms with van der Waals surface area (Å²) < 4.78 is 1.76. The van der Waals surface area contributed by atoms with Crippen LogP contribution in [0.25, 0.3) is 11.3 Å². The van der Waals surface area contributed by atoms with Gasteiger partial charge in [-0.2, -0.15) is 5.10 Å². The van der Waals surface area contributed by atoms with Crippen molar-refractivity contribution in [2.75, 3.05) is 19.6 Å². The summed E-state index contributed by atoms with van der Waals surface area (Å²) in [6.07, 6.45) is 0. The van der Waals surface area contributed by atoms with Gasteiger partial charge in [0.05, 0.1) is 5.69 Å². The summed E-state index contributed by atoms with van der Waals surface area (Å²) in [4.78, 5) is 14.7. The number of nitrogens with one attached hydrogen (secondary N) is 1. The maximum absolute atomic E-state index is 12.4. The molecule has 1 heterocycles. The summed E-state index contributed by atoms with van der Waals surface area (Å²) in [7, 11) is 1.87. The summed E-state index contributed by atoms with van der Waals surface area (Å²) in [5, 5.41) is 7.36. The van der Waals surface area contributed by atoms with Gasteiger partial charge in [-0.15, -0.1) is 0 Å². The number of benzene rings is 1. The van der Waals surface area contributed by atoms with Crippen molar-refractivity contribution in [3.05, 3.63) is 41.6 Å². The van der Waals surface area contributed by atoms with Gasteiger partial charge in [-0.3, -0.25) is 14.4 Å². The van der Waals surface area contributed by atoms with Crippen LogP contribution in [0.4, 0.5) is 0 Å². The van der Waals surface area contributed by atoms with Crippen LogP contribution >= 0.6 is 0 Å². The molecule has 1 N–H and O–H groups in total. The molecule has 0 aliphatic heterocycles. The molecule has 0 aliphatic carbocycles. The monoisotopic (exact) mass is 328 g/mol. The molecule has 1 atom stereocenters. The Morgan fingerprint density at radius 1 is 1.25 bits per heavy atom. The van der Waals surface area contributed by atoms with Crippen LogP contribution in [0.5, 0.6) is 0 Å². The van der Waals surface area contributed by atoms with Crippen molar-refractivity contribution in [3.8, 4) is 11.3 Å². The molecule has 5 heteroatoms. The first-order valence-corrected chi connectivity index (χ1v) is 8.59. The highest BCUT2D eigenvalue weighted by molar-refractivity contribution is 5.93. The molecule has 2 aromatic rings. The average Bonchev–Trinajstić information content (AvgIpc) is 2.96. The van der Waals surface area contributed by atoms with Crippen LogP contribution in [-0.4, -0.2) is 46.3 Å². The Hall–Kier alpha value is -2.14. The van der Waals surface area contributed by atoms with E-state index in [1.54, 1.807) is 4.68 Å². The van der Waals surface area contributed by atoms with Crippen molar-refractivity contribution < 1.29 is 4.79 Å². The van der Waals surface area contributed by atoms with Crippen LogP contribution in [0.2, 0.25) is 0 Å². The lowest BCUT2D eigenvalue weighted by atomic mass is 10.1. The van der Waals surface area contributed by atoms with E-state index in [0.717, 1.165) is 24.3 Å². The maximum atomic E-state index is 12.4. The Balaban J connectivity index is 2.06. The zero-order chi connectivity index (χ0) is 17.7. The highest BCUT2D eigenvalue weighted by Crippen LogP contribution is 2.20. The molecule has 1 aromatic heterocycles. The van der Waals surface area contributed by atoms with Gasteiger partial charge in [0.15, 0.2) is 5.69 Å². The zero-order valence-electron chi connectivity index (χ0n) is 15.3. The van der Waals surface area contributed by atoms with Crippen molar-refractivity contribution in [1.29, 1.82) is 0 Å². The summed E-state index contributed by atoms with van der Waals surface area (Å²) in [6, 6.07) is 10.4. The molecule has 5 nitrogen and oxygen atoms in total. The van der Waals surface area contributed by atoms with Crippen LogP contribution in [0, 0.1) is 6.92 Å². The van der Waals surface area contributed by atoms with Crippen molar-refractivity contribution >= 4 is 5.91 Å². The summed E-state index contributed by atoms with van der Waals surface area (Å²) in [5.41, 5.74) is 3.67. The number of hydrogen-bond acceptors (Lipinski definition) is 3. The van der Waals surface area contributed by atoms with Crippen LogP contribution in [0.15, 0.2) is 30.3 Å². The van der Waals surface area contributed by atoms with Gasteiger partial charge in [-0.05, 0) is 38.6 Å². The second kappa shape index (κ2) is 8.11. The molecule has 1 amide bonds. The maximum Gasteiger partial charge on any atom is 0.271 e. The lowest BCUT2D eigenvalue weighted by Crippen LogP contribution is -2.42. The fourth-order valence-electron chi connectivity index (χ4n) is 2.88. The number of hydrogen-bond donors (Lipinski definition) is 1. The first kappa shape index (κ1) is 18.2. The van der Waals surface area contributed by atoms with E-state index in [2.05, 4.69) is 67.3 Å². The van der Waals surface area contributed by atoms with Crippen LogP contribution in [-0.2, 0) is 7.05 Å². The van der Waals surface area contributed by atoms with E-state index in [1.807, 2.05) is 13.1 Å². The summed E-state index contributed by atoms with van der Waals surface area (Å²) in [5.74, 6) is -0.122. The van der Waals surface area contributed by atoms with Crippen molar-refractivity contribution in [3.63, 3.8) is 0 Å². The van der Waals surface area contributed by atoms with Gasteiger partial charge in [0.2, 0.25) is 0 Å². The predicted molar refractivity (Wildman–Crippen MR) is 98.1 cm³/mol. The summed E-state index contributed by atoms with van der Waals surface area (Å²) in [6.45, 7) is 11.0. The van der Waals surface area contributed by atoms with Gasteiger partial charge in [0.1, 0.15) is 0 Å². The molecule has 0 spiro atoms. The van der Waals surface area contributed by atoms with E-state index in [1.165, 1.54) is 5.56 Å². The number of likely N-dealkylation sites (N-methyl/N-ethyl adjacent to an activating group) is 1. The molecule has 130 valence electrons. The Morgan fingerprint density at radius 2 is 1.88 bits per heavy atom. The van der Waals surface area contributed by atoms with Gasteiger partial charge < -0.3 is 5.32 Å². The highest BCUT2D eigenvalue weighted by atomic mass is 16.1. The molecule has 2 rings (SSSR count). The van der Waals surface area contributed by atoms with E-state index < -0.39 is 0 Å². The summed E-state index contributed by atoms with van der Waals surface area (Å²) >= 11 is 0. The van der Waals surface area contributed by atoms with E-state index in [0.29, 0.717) is 18.3 Å². The van der Waals surface area contributed by atoms with Gasteiger partial charge in [0.25, 0.3) is 5.91 Å². The normalized spacial score (nSPS) is 12.4. The molecule has 0 fully saturated rings. The predicted octanol–water partition coefficient (Wildman–Crippen LogP) is 2.86. The molecule has 0 saturated heterocycles. The Morgan fingerprint density at radius 3 is 2.46 bits per heavy atom. The second-order valence-electron chi connectivity index (χ2n) is 6.18. The standard InChI is InChI=1S/C19H28N4O/c1-6-23(7-2)15(4)13-20-19(24)17-12-18(22(5)21-17)16-10-8-14(3)9-11-16/h8-12,15H,6-7,13H2,1-5H3,(H,20,24). The topological polar surface area (TPSA) is 50.2 Å². The minimum absolute atomic E-state index is 0.122. The second-order valence-corrected chi connectivity index (χ2v) is 6.18. The van der Waals surface area contributed by atoms with Gasteiger partial charge in [-0.25, -0.2) is 0 Å². The molecule has 1 aromatic carbocycles. The first-order valence-electron chi connectivity index (χ1n) is 8.59. The Bertz CT molecular complexity index is 671. The average molecular weight is 328 g/mol. The molecule has 24 heavy (non-hydrogen) atoms. The molecular weight excluding hydrogens is 300 g/mol. The Labute approximate surface area is 144 Å². The number of carbonyl (C=O) groups excluding carboxylic acids is 1. The van der Waals surface area contributed by atoms with E-state index >= 15 is 0 Å². The minimum Gasteiger partial charge on any atom is -0.349 e. The number of aromatic nitrogens is 2. The van der Waals surface area contributed by atoms with Gasteiger partial charge in [0, 0.05) is 19.6 Å². The molecule has 1 unspecified atom stereocenters. The molecule has 0 bridgehead atoms. The van der Waals surface area contributed by atoms with E-state index in [4.69, 9.17) is 0 Å². The zero-order valence-corrected chi connectivity index (χ0v) is 15.3. The number of rotatable bonds is 7. The largest absolute Gasteiger partial charge is 0.349 e. The lowest BCUT2D eigenvalue weighted by Gasteiger charge is -2.26.